The molecule has 0 amide bonds. The van der Waals surface area contributed by atoms with Crippen molar-refractivity contribution in [2.75, 3.05) is 0 Å². The van der Waals surface area contributed by atoms with Gasteiger partial charge in [0.2, 0.25) is 16.3 Å². The minimum atomic E-state index is 1.38. The van der Waals surface area contributed by atoms with Crippen molar-refractivity contribution in [1.29, 1.82) is 0 Å². The van der Waals surface area contributed by atoms with Gasteiger partial charge in [-0.3, -0.25) is 0 Å². The van der Waals surface area contributed by atoms with E-state index in [1.807, 2.05) is 34.0 Å². The van der Waals surface area contributed by atoms with Crippen molar-refractivity contribution >= 4 is 45.0 Å². The summed E-state index contributed by atoms with van der Waals surface area (Å²) in [5, 5.41) is 6.57. The van der Waals surface area contributed by atoms with Gasteiger partial charge in [-0.05, 0) is 54.8 Å². The summed E-state index contributed by atoms with van der Waals surface area (Å²) in [6.07, 6.45) is 2.21. The Hall–Kier alpha value is -1.03. The molecule has 0 saturated carbocycles. The molecule has 0 nitrogen and oxygen atoms in total. The first kappa shape index (κ1) is 13.0. The molecule has 2 aromatic heterocycles. The molecule has 0 unspecified atom stereocenters. The highest BCUT2D eigenvalue weighted by Gasteiger charge is 2.27. The van der Waals surface area contributed by atoms with E-state index in [4.69, 9.17) is 0 Å². The van der Waals surface area contributed by atoms with Gasteiger partial charge in [0.25, 0.3) is 0 Å². The van der Waals surface area contributed by atoms with Crippen molar-refractivity contribution in [2.45, 2.75) is 20.8 Å². The summed E-state index contributed by atoms with van der Waals surface area (Å²) in [7, 11) is 0. The van der Waals surface area contributed by atoms with Gasteiger partial charge in [0.15, 0.2) is 5.37 Å². The summed E-state index contributed by atoms with van der Waals surface area (Å²) in [6.45, 7) is 6.62. The van der Waals surface area contributed by atoms with E-state index in [-0.39, 0.29) is 0 Å². The van der Waals surface area contributed by atoms with Crippen molar-refractivity contribution in [3.05, 3.63) is 60.3 Å². The Morgan fingerprint density at radius 3 is 1.89 bits per heavy atom. The highest BCUT2D eigenvalue weighted by Crippen LogP contribution is 2.39. The molecule has 0 atom stereocenters. The largest absolute Gasteiger partial charge is 0.243 e. The standard InChI is InChI=1S/C16H15S3/c1-10-4-7-17-14(10)13(15-11(2)5-8-18-15)16-12(3)6-9-19-16/h4-9H,1-3H3/q+1. The minimum absolute atomic E-state index is 1.38. The molecule has 0 aromatic carbocycles. The molecule has 1 aliphatic rings. The summed E-state index contributed by atoms with van der Waals surface area (Å²) < 4.78 is 0. The van der Waals surface area contributed by atoms with Crippen LogP contribution in [-0.4, -0.2) is 5.37 Å². The van der Waals surface area contributed by atoms with Gasteiger partial charge in [-0.2, -0.15) is 0 Å². The van der Waals surface area contributed by atoms with Gasteiger partial charge in [0, 0.05) is 21.4 Å². The lowest BCUT2D eigenvalue weighted by molar-refractivity contribution is 1.46. The zero-order chi connectivity index (χ0) is 13.4. The fourth-order valence-corrected chi connectivity index (χ4v) is 5.34. The third kappa shape index (κ3) is 2.27. The molecular weight excluding hydrogens is 288 g/mol. The predicted molar refractivity (Wildman–Crippen MR) is 91.3 cm³/mol. The molecule has 96 valence electrons. The Bertz CT molecular complexity index is 666. The normalized spacial score (nSPS) is 14.1. The van der Waals surface area contributed by atoms with Crippen LogP contribution in [0.3, 0.4) is 0 Å². The molecule has 0 spiro atoms. The maximum Gasteiger partial charge on any atom is 0.243 e. The highest BCUT2D eigenvalue weighted by atomic mass is 32.1. The molecule has 2 aromatic rings. The quantitative estimate of drug-likeness (QED) is 0.539. The Morgan fingerprint density at radius 1 is 0.947 bits per heavy atom. The summed E-state index contributed by atoms with van der Waals surface area (Å²) in [5.74, 6) is 0. The summed E-state index contributed by atoms with van der Waals surface area (Å²) in [6, 6.07) is 4.43. The lowest BCUT2D eigenvalue weighted by Crippen LogP contribution is -1.93. The zero-order valence-electron chi connectivity index (χ0n) is 11.2. The van der Waals surface area contributed by atoms with E-state index in [0.717, 1.165) is 0 Å². The number of rotatable bonds is 2. The van der Waals surface area contributed by atoms with E-state index < -0.39 is 0 Å². The Labute approximate surface area is 126 Å². The van der Waals surface area contributed by atoms with Gasteiger partial charge in [-0.1, -0.05) is 0 Å². The van der Waals surface area contributed by atoms with Crippen molar-refractivity contribution in [3.63, 3.8) is 0 Å². The van der Waals surface area contributed by atoms with Crippen LogP contribution in [0.4, 0.5) is 0 Å². The molecule has 0 aliphatic carbocycles. The third-order valence-corrected chi connectivity index (χ3v) is 6.37. The molecule has 0 fully saturated rings. The maximum atomic E-state index is 2.21. The molecule has 3 heterocycles. The molecule has 0 N–H and O–H groups in total. The molecule has 1 aliphatic heterocycles. The van der Waals surface area contributed by atoms with Crippen LogP contribution in [0.25, 0.3) is 5.57 Å². The maximum absolute atomic E-state index is 2.21. The van der Waals surface area contributed by atoms with E-state index in [1.165, 1.54) is 36.9 Å². The second-order valence-electron chi connectivity index (χ2n) is 4.67. The van der Waals surface area contributed by atoms with Crippen LogP contribution >= 0.6 is 22.7 Å². The fraction of sp³-hybridized carbons (Fsp3) is 0.188. The van der Waals surface area contributed by atoms with E-state index in [2.05, 4.69) is 55.1 Å². The van der Waals surface area contributed by atoms with Crippen LogP contribution in [0.15, 0.2) is 39.4 Å². The Morgan fingerprint density at radius 2 is 1.53 bits per heavy atom. The fourth-order valence-electron chi connectivity index (χ4n) is 2.20. The van der Waals surface area contributed by atoms with Crippen molar-refractivity contribution in [3.8, 4) is 0 Å². The molecule has 0 radical (unpaired) electrons. The topological polar surface area (TPSA) is 0 Å². The second kappa shape index (κ2) is 5.16. The lowest BCUT2D eigenvalue weighted by atomic mass is 10.0. The van der Waals surface area contributed by atoms with Gasteiger partial charge < -0.3 is 0 Å². The average Bonchev–Trinajstić information content (AvgIpc) is 3.07. The highest BCUT2D eigenvalue weighted by molar-refractivity contribution is 7.82. The van der Waals surface area contributed by atoms with Crippen LogP contribution in [0.2, 0.25) is 0 Å². The SMILES string of the molecule is CC1=CC=[S+]C1=C(c1sccc1C)c1sccc1C. The van der Waals surface area contributed by atoms with Crippen LogP contribution in [0.1, 0.15) is 27.8 Å². The zero-order valence-corrected chi connectivity index (χ0v) is 13.6. The van der Waals surface area contributed by atoms with Crippen molar-refractivity contribution in [2.24, 2.45) is 0 Å². The molecule has 0 saturated heterocycles. The second-order valence-corrected chi connectivity index (χ2v) is 7.42. The third-order valence-electron chi connectivity index (χ3n) is 3.27. The Balaban J connectivity index is 2.30. The van der Waals surface area contributed by atoms with Crippen molar-refractivity contribution in [1.82, 2.24) is 0 Å². The van der Waals surface area contributed by atoms with Gasteiger partial charge >= 0.3 is 0 Å². The monoisotopic (exact) mass is 303 g/mol. The van der Waals surface area contributed by atoms with Gasteiger partial charge in [0.05, 0.1) is 5.57 Å². The van der Waals surface area contributed by atoms with Crippen molar-refractivity contribution < 1.29 is 0 Å². The van der Waals surface area contributed by atoms with Crippen LogP contribution in [-0.2, 0) is 11.4 Å². The number of allylic oxidation sites excluding steroid dienone is 2. The predicted octanol–water partition coefficient (Wildman–Crippen LogP) is 5.03. The number of hydrogen-bond acceptors (Lipinski definition) is 2. The average molecular weight is 303 g/mol. The van der Waals surface area contributed by atoms with E-state index >= 15 is 0 Å². The first-order valence-electron chi connectivity index (χ1n) is 6.19. The summed E-state index contributed by atoms with van der Waals surface area (Å²) >= 11 is 5.54. The van der Waals surface area contributed by atoms with Crippen LogP contribution in [0.5, 0.6) is 0 Å². The first-order valence-corrected chi connectivity index (χ1v) is 8.82. The van der Waals surface area contributed by atoms with E-state index in [0.29, 0.717) is 0 Å². The minimum Gasteiger partial charge on any atom is -0.143 e. The molecule has 19 heavy (non-hydrogen) atoms. The van der Waals surface area contributed by atoms with Gasteiger partial charge in [-0.15, -0.1) is 22.7 Å². The Kier molecular flexibility index (Phi) is 3.52. The van der Waals surface area contributed by atoms with Crippen LogP contribution in [0, 0.1) is 13.8 Å². The van der Waals surface area contributed by atoms with Gasteiger partial charge in [0.1, 0.15) is 0 Å². The molecule has 3 heteroatoms. The van der Waals surface area contributed by atoms with Crippen LogP contribution < -0.4 is 0 Å². The molecule has 0 bridgehead atoms. The number of aryl methyl sites for hydroxylation is 2. The first-order chi connectivity index (χ1) is 9.18. The summed E-state index contributed by atoms with van der Waals surface area (Å²) in [5.41, 5.74) is 5.55. The number of hydrogen-bond donors (Lipinski definition) is 0. The number of thiophene rings is 2. The smallest absolute Gasteiger partial charge is 0.143 e. The summed E-state index contributed by atoms with van der Waals surface area (Å²) in [4.78, 5) is 4.24. The lowest BCUT2D eigenvalue weighted by Gasteiger charge is -2.06. The molecule has 3 rings (SSSR count). The van der Waals surface area contributed by atoms with Gasteiger partial charge in [-0.25, -0.2) is 0 Å². The van der Waals surface area contributed by atoms with E-state index in [9.17, 15) is 0 Å². The molecular formula is C16H15S3+. The van der Waals surface area contributed by atoms with E-state index in [1.54, 1.807) is 0 Å².